The Balaban J connectivity index is 1.41. The number of nitrogens with two attached hydrogens (primary N) is 1. The van der Waals surface area contributed by atoms with Crippen molar-refractivity contribution in [2.45, 2.75) is 63.3 Å². The zero-order chi connectivity index (χ0) is 19.6. The van der Waals surface area contributed by atoms with Crippen LogP contribution in [0.4, 0.5) is 10.9 Å². The van der Waals surface area contributed by atoms with E-state index in [0.29, 0.717) is 5.92 Å². The van der Waals surface area contributed by atoms with E-state index in [9.17, 15) is 4.79 Å². The summed E-state index contributed by atoms with van der Waals surface area (Å²) >= 11 is 1.54. The lowest BCUT2D eigenvalue weighted by Crippen LogP contribution is -2.57. The van der Waals surface area contributed by atoms with E-state index in [0.717, 1.165) is 74.1 Å². The van der Waals surface area contributed by atoms with Gasteiger partial charge in [-0.2, -0.15) is 0 Å². The maximum atomic E-state index is 13.0. The number of rotatable bonds is 4. The van der Waals surface area contributed by atoms with Crippen molar-refractivity contribution in [3.05, 3.63) is 29.2 Å². The van der Waals surface area contributed by atoms with E-state index >= 15 is 0 Å². The molecule has 0 radical (unpaired) electrons. The predicted octanol–water partition coefficient (Wildman–Crippen LogP) is 3.35. The van der Waals surface area contributed by atoms with E-state index in [1.54, 1.807) is 17.5 Å². The summed E-state index contributed by atoms with van der Waals surface area (Å²) in [7, 11) is 0. The average Bonchev–Trinajstić information content (AvgIpc) is 3.21. The van der Waals surface area contributed by atoms with Gasteiger partial charge in [-0.1, -0.05) is 19.3 Å². The largest absolute Gasteiger partial charge is 0.341 e. The van der Waals surface area contributed by atoms with E-state index in [-0.39, 0.29) is 5.91 Å². The molecule has 0 bridgehead atoms. The zero-order valence-electron chi connectivity index (χ0n) is 16.4. The Kier molecular flexibility index (Phi) is 5.59. The molecule has 1 aliphatic heterocycles. The number of nitrogens with zero attached hydrogens (tertiary/aromatic N) is 4. The lowest BCUT2D eigenvalue weighted by Gasteiger charge is -2.40. The number of nitrogens with one attached hydrogen (secondary N) is 1. The second-order valence-electron chi connectivity index (χ2n) is 7.97. The van der Waals surface area contributed by atoms with E-state index in [1.807, 2.05) is 23.3 Å². The van der Waals surface area contributed by atoms with Crippen LogP contribution in [0.2, 0.25) is 0 Å². The molecule has 3 heterocycles. The summed E-state index contributed by atoms with van der Waals surface area (Å²) in [4.78, 5) is 28.3. The van der Waals surface area contributed by atoms with Crippen molar-refractivity contribution in [3.8, 4) is 0 Å². The van der Waals surface area contributed by atoms with Gasteiger partial charge in [-0.15, -0.1) is 11.3 Å². The molecule has 2 aromatic rings. The lowest BCUT2D eigenvalue weighted by atomic mass is 9.80. The molecule has 7 nitrogen and oxygen atoms in total. The summed E-state index contributed by atoms with van der Waals surface area (Å²) in [5.41, 5.74) is 6.86. The summed E-state index contributed by atoms with van der Waals surface area (Å²) in [5.74, 6) is 2.01. The molecule has 28 heavy (non-hydrogen) atoms. The Hall–Kier alpha value is -2.06. The van der Waals surface area contributed by atoms with E-state index in [1.165, 1.54) is 6.42 Å². The molecule has 4 rings (SSSR count). The quantitative estimate of drug-likeness (QED) is 0.817. The predicted molar refractivity (Wildman–Crippen MR) is 111 cm³/mol. The van der Waals surface area contributed by atoms with Gasteiger partial charge in [0.2, 0.25) is 5.91 Å². The Morgan fingerprint density at radius 1 is 1.25 bits per heavy atom. The van der Waals surface area contributed by atoms with Crippen molar-refractivity contribution in [2.24, 2.45) is 5.73 Å². The second-order valence-corrected chi connectivity index (χ2v) is 8.87. The minimum absolute atomic E-state index is 0.149. The molecule has 2 fully saturated rings. The van der Waals surface area contributed by atoms with Crippen LogP contribution >= 0.6 is 11.3 Å². The molecule has 3 N–H and O–H groups in total. The molecule has 0 aromatic carbocycles. The van der Waals surface area contributed by atoms with Crippen LogP contribution < -0.4 is 11.1 Å². The van der Waals surface area contributed by atoms with Crippen molar-refractivity contribution in [3.63, 3.8) is 0 Å². The molecule has 0 spiro atoms. The smallest absolute Gasteiger partial charge is 0.242 e. The van der Waals surface area contributed by atoms with Crippen molar-refractivity contribution in [1.82, 2.24) is 19.9 Å². The SMILES string of the molecule is Cc1nc(Nc2nccs2)cc(C2CCN(C(=O)C3(N)CCCCC3)CC2)n1. The van der Waals surface area contributed by atoms with Gasteiger partial charge in [0.05, 0.1) is 5.54 Å². The van der Waals surface area contributed by atoms with Crippen molar-refractivity contribution in [1.29, 1.82) is 0 Å². The maximum absolute atomic E-state index is 13.0. The first-order chi connectivity index (χ1) is 13.5. The average molecular weight is 401 g/mol. The van der Waals surface area contributed by atoms with Gasteiger partial charge in [0.1, 0.15) is 11.6 Å². The molecule has 0 atom stereocenters. The van der Waals surface area contributed by atoms with Crippen LogP contribution in [-0.4, -0.2) is 44.4 Å². The van der Waals surface area contributed by atoms with Crippen molar-refractivity contribution >= 4 is 28.2 Å². The van der Waals surface area contributed by atoms with E-state index in [2.05, 4.69) is 20.3 Å². The third kappa shape index (κ3) is 4.17. The van der Waals surface area contributed by atoms with Crippen molar-refractivity contribution in [2.75, 3.05) is 18.4 Å². The number of amides is 1. The molecule has 2 aliphatic rings. The highest BCUT2D eigenvalue weighted by molar-refractivity contribution is 7.13. The highest BCUT2D eigenvalue weighted by Gasteiger charge is 2.39. The van der Waals surface area contributed by atoms with Gasteiger partial charge >= 0.3 is 0 Å². The Bertz CT molecular complexity index is 810. The van der Waals surface area contributed by atoms with Gasteiger partial charge in [0, 0.05) is 42.3 Å². The second kappa shape index (κ2) is 8.13. The lowest BCUT2D eigenvalue weighted by molar-refractivity contribution is -0.139. The van der Waals surface area contributed by atoms with Crippen LogP contribution in [0.5, 0.6) is 0 Å². The molecule has 150 valence electrons. The van der Waals surface area contributed by atoms with Gasteiger partial charge in [0.25, 0.3) is 0 Å². The fraction of sp³-hybridized carbons (Fsp3) is 0.600. The molecule has 0 unspecified atom stereocenters. The summed E-state index contributed by atoms with van der Waals surface area (Å²) in [6.07, 6.45) is 8.56. The van der Waals surface area contributed by atoms with Crippen LogP contribution in [0.15, 0.2) is 17.6 Å². The first-order valence-electron chi connectivity index (χ1n) is 10.1. The van der Waals surface area contributed by atoms with Crippen LogP contribution in [0, 0.1) is 6.92 Å². The highest BCUT2D eigenvalue weighted by Crippen LogP contribution is 2.32. The highest BCUT2D eigenvalue weighted by atomic mass is 32.1. The molecule has 8 heteroatoms. The normalized spacial score (nSPS) is 20.1. The fourth-order valence-electron chi connectivity index (χ4n) is 4.35. The van der Waals surface area contributed by atoms with Gasteiger partial charge in [-0.05, 0) is 32.6 Å². The third-order valence-corrected chi connectivity index (χ3v) is 6.59. The number of aromatic nitrogens is 3. The summed E-state index contributed by atoms with van der Waals surface area (Å²) in [6, 6.07) is 2.02. The third-order valence-electron chi connectivity index (χ3n) is 5.90. The number of thiazole rings is 1. The van der Waals surface area contributed by atoms with Crippen LogP contribution in [0.25, 0.3) is 0 Å². The Labute approximate surface area is 169 Å². The van der Waals surface area contributed by atoms with Gasteiger partial charge in [0.15, 0.2) is 5.13 Å². The molecule has 1 saturated heterocycles. The minimum Gasteiger partial charge on any atom is -0.341 e. The van der Waals surface area contributed by atoms with Crippen LogP contribution in [-0.2, 0) is 4.79 Å². The Morgan fingerprint density at radius 3 is 2.68 bits per heavy atom. The number of aryl methyl sites for hydroxylation is 1. The number of anilines is 2. The standard InChI is InChI=1S/C20H28N6OS/c1-14-23-16(13-17(24-14)25-19-22-9-12-28-19)15-5-10-26(11-6-15)18(27)20(21)7-3-2-4-8-20/h9,12-13,15H,2-8,10-11,21H2,1H3,(H,22,23,24,25). The van der Waals surface area contributed by atoms with Gasteiger partial charge in [-0.25, -0.2) is 15.0 Å². The molecule has 2 aromatic heterocycles. The van der Waals surface area contributed by atoms with E-state index < -0.39 is 5.54 Å². The number of carbonyl (C=O) groups excluding carboxylic acids is 1. The number of likely N-dealkylation sites (tertiary alicyclic amines) is 1. The monoisotopic (exact) mass is 400 g/mol. The number of hydrogen-bond acceptors (Lipinski definition) is 7. The Morgan fingerprint density at radius 2 is 2.00 bits per heavy atom. The van der Waals surface area contributed by atoms with Crippen LogP contribution in [0.3, 0.4) is 0 Å². The topological polar surface area (TPSA) is 97.0 Å². The number of hydrogen-bond donors (Lipinski definition) is 2. The zero-order valence-corrected chi connectivity index (χ0v) is 17.2. The molecule has 1 aliphatic carbocycles. The van der Waals surface area contributed by atoms with Crippen LogP contribution in [0.1, 0.15) is 62.4 Å². The molecule has 1 amide bonds. The number of piperidine rings is 1. The molecule has 1 saturated carbocycles. The number of carbonyl (C=O) groups is 1. The summed E-state index contributed by atoms with van der Waals surface area (Å²) < 4.78 is 0. The molecular formula is C20H28N6OS. The van der Waals surface area contributed by atoms with Gasteiger partial charge < -0.3 is 16.0 Å². The maximum Gasteiger partial charge on any atom is 0.242 e. The molecular weight excluding hydrogens is 372 g/mol. The summed E-state index contributed by atoms with van der Waals surface area (Å²) in [5, 5.41) is 6.01. The summed E-state index contributed by atoms with van der Waals surface area (Å²) in [6.45, 7) is 3.41. The fourth-order valence-corrected chi connectivity index (χ4v) is 4.88. The first kappa shape index (κ1) is 19.3. The minimum atomic E-state index is -0.638. The van der Waals surface area contributed by atoms with Crippen molar-refractivity contribution < 1.29 is 4.79 Å². The first-order valence-corrected chi connectivity index (χ1v) is 11.0. The van der Waals surface area contributed by atoms with Gasteiger partial charge in [-0.3, -0.25) is 4.79 Å². The van der Waals surface area contributed by atoms with E-state index in [4.69, 9.17) is 5.73 Å².